The lowest BCUT2D eigenvalue weighted by molar-refractivity contribution is -0.0136. The average Bonchev–Trinajstić information content (AvgIpc) is 2.34. The number of rotatable bonds is 2. The third kappa shape index (κ3) is 1.54. The van der Waals surface area contributed by atoms with E-state index in [1.54, 1.807) is 0 Å². The Morgan fingerprint density at radius 2 is 2.22 bits per heavy atom. The summed E-state index contributed by atoms with van der Waals surface area (Å²) < 4.78 is 9.57. The van der Waals surface area contributed by atoms with Crippen LogP contribution in [0.1, 0.15) is 0 Å². The van der Waals surface area contributed by atoms with Crippen molar-refractivity contribution in [3.63, 3.8) is 0 Å². The van der Waals surface area contributed by atoms with Gasteiger partial charge < -0.3 is 9.47 Å². The molecule has 9 heavy (non-hydrogen) atoms. The second kappa shape index (κ2) is 2.84. The minimum Gasteiger partial charge on any atom is -0.459 e. The Bertz CT molecular complexity index is 153. The Kier molecular flexibility index (Phi) is 1.82. The van der Waals surface area contributed by atoms with Gasteiger partial charge in [-0.25, -0.2) is 0 Å². The first kappa shape index (κ1) is 5.78. The number of ether oxygens (including phenoxy) is 2. The molecule has 1 aliphatic heterocycles. The van der Waals surface area contributed by atoms with Crippen molar-refractivity contribution in [2.75, 3.05) is 6.54 Å². The average molecular weight is 127 g/mol. The van der Waals surface area contributed by atoms with Gasteiger partial charge in [-0.3, -0.25) is 0 Å². The first-order chi connectivity index (χ1) is 4.43. The van der Waals surface area contributed by atoms with E-state index in [2.05, 4.69) is 10.0 Å². The molecule has 1 aliphatic rings. The van der Waals surface area contributed by atoms with Crippen LogP contribution < -0.4 is 0 Å². The fraction of sp³-hybridized carbons (Fsp3) is 0.500. The largest absolute Gasteiger partial charge is 0.459 e. The summed E-state index contributed by atoms with van der Waals surface area (Å²) in [5.41, 5.74) is 7.85. The van der Waals surface area contributed by atoms with Crippen LogP contribution in [0.4, 0.5) is 0 Å². The van der Waals surface area contributed by atoms with E-state index >= 15 is 0 Å². The van der Waals surface area contributed by atoms with E-state index in [9.17, 15) is 0 Å². The van der Waals surface area contributed by atoms with Gasteiger partial charge in [0.05, 0.1) is 0 Å². The van der Waals surface area contributed by atoms with E-state index in [4.69, 9.17) is 15.0 Å². The molecule has 0 aromatic rings. The van der Waals surface area contributed by atoms with E-state index in [-0.39, 0.29) is 6.54 Å². The van der Waals surface area contributed by atoms with E-state index in [0.717, 1.165) is 0 Å². The highest BCUT2D eigenvalue weighted by Crippen LogP contribution is 2.04. The van der Waals surface area contributed by atoms with Crippen LogP contribution >= 0.6 is 0 Å². The summed E-state index contributed by atoms with van der Waals surface area (Å²) in [5.74, 6) is 0. The smallest absolute Gasteiger partial charge is 0.245 e. The lowest BCUT2D eigenvalue weighted by Gasteiger charge is -2.03. The summed E-state index contributed by atoms with van der Waals surface area (Å²) in [4.78, 5) is 2.54. The zero-order valence-electron chi connectivity index (χ0n) is 4.60. The molecule has 0 saturated heterocycles. The highest BCUT2D eigenvalue weighted by Gasteiger charge is 2.08. The van der Waals surface area contributed by atoms with Crippen LogP contribution in [0.15, 0.2) is 17.6 Å². The second-order valence-corrected chi connectivity index (χ2v) is 1.39. The molecule has 48 valence electrons. The fourth-order valence-electron chi connectivity index (χ4n) is 0.461. The van der Waals surface area contributed by atoms with E-state index in [1.807, 2.05) is 0 Å². The Morgan fingerprint density at radius 1 is 1.56 bits per heavy atom. The first-order valence-electron chi connectivity index (χ1n) is 2.40. The second-order valence-electron chi connectivity index (χ2n) is 1.39. The molecule has 0 saturated carbocycles. The number of nitrogens with zero attached hydrogens (tertiary/aromatic N) is 3. The van der Waals surface area contributed by atoms with Crippen molar-refractivity contribution in [1.29, 1.82) is 0 Å². The zero-order chi connectivity index (χ0) is 6.53. The van der Waals surface area contributed by atoms with E-state index in [0.29, 0.717) is 0 Å². The van der Waals surface area contributed by atoms with Gasteiger partial charge in [-0.2, -0.15) is 0 Å². The van der Waals surface area contributed by atoms with Gasteiger partial charge in [0.15, 0.2) is 0 Å². The predicted octanol–water partition coefficient (Wildman–Crippen LogP) is 1.14. The quantitative estimate of drug-likeness (QED) is 0.317. The molecule has 0 unspecified atom stereocenters. The van der Waals surface area contributed by atoms with Crippen molar-refractivity contribution in [3.05, 3.63) is 23.0 Å². The van der Waals surface area contributed by atoms with Crippen molar-refractivity contribution in [1.82, 2.24) is 0 Å². The summed E-state index contributed by atoms with van der Waals surface area (Å²) in [6, 6.07) is 0. The molecular weight excluding hydrogens is 122 g/mol. The topological polar surface area (TPSA) is 67.2 Å². The minimum atomic E-state index is -0.416. The van der Waals surface area contributed by atoms with Crippen LogP contribution in [0, 0.1) is 0 Å². The molecule has 0 aromatic carbocycles. The normalized spacial score (nSPS) is 16.0. The molecule has 0 aliphatic carbocycles. The molecule has 0 N–H and O–H groups in total. The SMILES string of the molecule is [N-]=[N+]=NCC1OC=CO1. The molecule has 0 fully saturated rings. The molecule has 0 amide bonds. The molecule has 5 nitrogen and oxygen atoms in total. The molecule has 1 rings (SSSR count). The number of hydrogen-bond donors (Lipinski definition) is 0. The van der Waals surface area contributed by atoms with Crippen LogP contribution in [-0.4, -0.2) is 12.8 Å². The van der Waals surface area contributed by atoms with Gasteiger partial charge in [-0.05, 0) is 5.53 Å². The predicted molar refractivity (Wildman–Crippen MR) is 29.1 cm³/mol. The first-order valence-corrected chi connectivity index (χ1v) is 2.40. The van der Waals surface area contributed by atoms with Gasteiger partial charge in [0.2, 0.25) is 6.29 Å². The molecule has 0 aromatic heterocycles. The van der Waals surface area contributed by atoms with Gasteiger partial charge in [-0.15, -0.1) is 0 Å². The highest BCUT2D eigenvalue weighted by atomic mass is 16.7. The van der Waals surface area contributed by atoms with Crippen molar-refractivity contribution in [2.45, 2.75) is 6.29 Å². The number of hydrogen-bond acceptors (Lipinski definition) is 3. The van der Waals surface area contributed by atoms with Crippen LogP contribution in [0.2, 0.25) is 0 Å². The molecule has 0 bridgehead atoms. The van der Waals surface area contributed by atoms with Crippen LogP contribution in [0.5, 0.6) is 0 Å². The Hall–Kier alpha value is -1.35. The van der Waals surface area contributed by atoms with Crippen molar-refractivity contribution < 1.29 is 9.47 Å². The molecular formula is C4H5N3O2. The van der Waals surface area contributed by atoms with Crippen LogP contribution in [0.25, 0.3) is 10.4 Å². The maximum Gasteiger partial charge on any atom is 0.245 e. The van der Waals surface area contributed by atoms with Gasteiger partial charge in [0, 0.05) is 4.91 Å². The van der Waals surface area contributed by atoms with E-state index < -0.39 is 6.29 Å². The van der Waals surface area contributed by atoms with E-state index in [1.165, 1.54) is 12.5 Å². The number of azide groups is 1. The highest BCUT2D eigenvalue weighted by molar-refractivity contribution is 4.71. The lowest BCUT2D eigenvalue weighted by atomic mass is 10.6. The lowest BCUT2D eigenvalue weighted by Crippen LogP contribution is -2.10. The fourth-order valence-corrected chi connectivity index (χ4v) is 0.461. The zero-order valence-corrected chi connectivity index (χ0v) is 4.60. The Labute approximate surface area is 51.5 Å². The van der Waals surface area contributed by atoms with Crippen molar-refractivity contribution in [2.24, 2.45) is 5.11 Å². The minimum absolute atomic E-state index is 0.212. The third-order valence-electron chi connectivity index (χ3n) is 0.810. The monoisotopic (exact) mass is 127 g/mol. The Morgan fingerprint density at radius 3 is 2.78 bits per heavy atom. The summed E-state index contributed by atoms with van der Waals surface area (Å²) in [6.45, 7) is 0.212. The maximum absolute atomic E-state index is 7.85. The molecule has 0 atom stereocenters. The molecule has 0 radical (unpaired) electrons. The van der Waals surface area contributed by atoms with Crippen molar-refractivity contribution in [3.8, 4) is 0 Å². The van der Waals surface area contributed by atoms with Gasteiger partial charge in [0.1, 0.15) is 19.1 Å². The summed E-state index contributed by atoms with van der Waals surface area (Å²) in [7, 11) is 0. The third-order valence-corrected chi connectivity index (χ3v) is 0.810. The van der Waals surface area contributed by atoms with Gasteiger partial charge in [-0.1, -0.05) is 5.11 Å². The van der Waals surface area contributed by atoms with Gasteiger partial charge in [0.25, 0.3) is 0 Å². The molecule has 5 heteroatoms. The maximum atomic E-state index is 7.85. The molecule has 0 spiro atoms. The molecule has 1 heterocycles. The summed E-state index contributed by atoms with van der Waals surface area (Å²) >= 11 is 0. The van der Waals surface area contributed by atoms with Crippen LogP contribution in [0.3, 0.4) is 0 Å². The Balaban J connectivity index is 2.22. The summed E-state index contributed by atoms with van der Waals surface area (Å²) in [5, 5.41) is 3.24. The summed E-state index contributed by atoms with van der Waals surface area (Å²) in [6.07, 6.45) is 2.41. The van der Waals surface area contributed by atoms with Gasteiger partial charge >= 0.3 is 0 Å². The van der Waals surface area contributed by atoms with Crippen molar-refractivity contribution >= 4 is 0 Å². The standard InChI is InChI=1S/C4H5N3O2/c5-7-6-3-4-8-1-2-9-4/h1-2,4H,3H2. The van der Waals surface area contributed by atoms with Crippen LogP contribution in [-0.2, 0) is 9.47 Å².